The van der Waals surface area contributed by atoms with Gasteiger partial charge in [-0.1, -0.05) is 60.1 Å². The summed E-state index contributed by atoms with van der Waals surface area (Å²) in [7, 11) is 4.07. The Balaban J connectivity index is 1.28. The lowest BCUT2D eigenvalue weighted by molar-refractivity contribution is -0.233. The van der Waals surface area contributed by atoms with Gasteiger partial charge in [-0.25, -0.2) is 0 Å². The lowest BCUT2D eigenvalue weighted by Crippen LogP contribution is -2.65. The highest BCUT2D eigenvalue weighted by Gasteiger charge is 2.70. The fraction of sp³-hybridized carbons (Fsp3) is 0.766. The van der Waals surface area contributed by atoms with Crippen LogP contribution >= 0.6 is 0 Å². The SMILES string of the molecule is CC(C)C1=C2[C@H]3CC[C@@H]4[C@@]5(C)CC[C@H](OC(=O)CC(C)(C)C(=O)O)C(C)(C)[C@@H]5CC[C@@]4(C)[C@]3(C)CC[C@@]2(CCN(CCN(C)C)C(=O)c2ccccn2)CC1=O. The van der Waals surface area contributed by atoms with E-state index in [1.165, 1.54) is 5.57 Å². The Morgan fingerprint density at radius 3 is 2.25 bits per heavy atom. The van der Waals surface area contributed by atoms with E-state index >= 15 is 0 Å². The maximum Gasteiger partial charge on any atom is 0.309 e. The molecule has 4 fully saturated rings. The molecule has 1 aromatic rings. The molecule has 4 saturated carbocycles. The van der Waals surface area contributed by atoms with Crippen LogP contribution in [0.2, 0.25) is 0 Å². The van der Waals surface area contributed by atoms with Gasteiger partial charge >= 0.3 is 11.9 Å². The molecule has 9 nitrogen and oxygen atoms in total. The van der Waals surface area contributed by atoms with E-state index in [-0.39, 0.29) is 51.4 Å². The average Bonchev–Trinajstić information content (AvgIpc) is 3.41. The number of ketones is 1. The number of ether oxygens (including phenoxy) is 1. The van der Waals surface area contributed by atoms with E-state index < -0.39 is 17.4 Å². The molecule has 56 heavy (non-hydrogen) atoms. The van der Waals surface area contributed by atoms with E-state index in [9.17, 15) is 24.3 Å². The second-order valence-corrected chi connectivity index (χ2v) is 21.2. The predicted molar refractivity (Wildman–Crippen MR) is 219 cm³/mol. The largest absolute Gasteiger partial charge is 0.481 e. The number of carbonyl (C=O) groups excluding carboxylic acids is 3. The number of hydrogen-bond acceptors (Lipinski definition) is 7. The molecule has 5 aliphatic carbocycles. The van der Waals surface area contributed by atoms with Gasteiger partial charge in [-0.15, -0.1) is 0 Å². The van der Waals surface area contributed by atoms with E-state index in [0.717, 1.165) is 69.9 Å². The minimum absolute atomic E-state index is 0.0255. The molecule has 0 aromatic carbocycles. The Morgan fingerprint density at radius 1 is 0.911 bits per heavy atom. The van der Waals surface area contributed by atoms with Crippen LogP contribution in [0.3, 0.4) is 0 Å². The van der Waals surface area contributed by atoms with Crippen molar-refractivity contribution in [3.63, 3.8) is 0 Å². The molecule has 6 rings (SSSR count). The first-order chi connectivity index (χ1) is 26.0. The highest BCUT2D eigenvalue weighted by atomic mass is 16.5. The van der Waals surface area contributed by atoms with Gasteiger partial charge in [0.25, 0.3) is 5.91 Å². The van der Waals surface area contributed by atoms with Crippen molar-refractivity contribution in [3.8, 4) is 0 Å². The molecule has 1 heterocycles. The first-order valence-electron chi connectivity index (χ1n) is 21.6. The smallest absolute Gasteiger partial charge is 0.309 e. The molecule has 0 saturated heterocycles. The Hall–Kier alpha value is -3.07. The van der Waals surface area contributed by atoms with Gasteiger partial charge in [-0.3, -0.25) is 24.2 Å². The number of Topliss-reactive ketones (excluding diaryl/α,β-unsaturated/α-hetero) is 1. The highest BCUT2D eigenvalue weighted by Crippen LogP contribution is 2.77. The molecule has 0 bridgehead atoms. The highest BCUT2D eigenvalue weighted by molar-refractivity contribution is 6.00. The summed E-state index contributed by atoms with van der Waals surface area (Å²) in [5.74, 6) is 0.224. The van der Waals surface area contributed by atoms with Crippen LogP contribution < -0.4 is 0 Å². The van der Waals surface area contributed by atoms with Crippen LogP contribution in [0.25, 0.3) is 0 Å². The molecular weight excluding hydrogens is 703 g/mol. The van der Waals surface area contributed by atoms with Crippen molar-refractivity contribution in [2.24, 2.45) is 56.2 Å². The van der Waals surface area contributed by atoms with Crippen LogP contribution in [-0.2, 0) is 19.1 Å². The van der Waals surface area contributed by atoms with Crippen LogP contribution in [0.5, 0.6) is 0 Å². The summed E-state index contributed by atoms with van der Waals surface area (Å²) in [5.41, 5.74) is 1.52. The summed E-state index contributed by atoms with van der Waals surface area (Å²) in [5, 5.41) is 9.64. The summed E-state index contributed by atoms with van der Waals surface area (Å²) >= 11 is 0. The number of pyridine rings is 1. The quantitative estimate of drug-likeness (QED) is 0.210. The second kappa shape index (κ2) is 14.9. The number of likely N-dealkylation sites (N-methyl/N-ethyl adjacent to an activating group) is 1. The summed E-state index contributed by atoms with van der Waals surface area (Å²) in [4.78, 5) is 61.6. The van der Waals surface area contributed by atoms with Gasteiger partial charge in [-0.05, 0) is 143 Å². The van der Waals surface area contributed by atoms with Crippen LogP contribution in [0.4, 0.5) is 0 Å². The molecule has 1 N–H and O–H groups in total. The first-order valence-corrected chi connectivity index (χ1v) is 21.6. The topological polar surface area (TPSA) is 117 Å². The Labute approximate surface area is 336 Å². The Kier molecular flexibility index (Phi) is 11.4. The number of aromatic nitrogens is 1. The minimum atomic E-state index is -1.17. The molecule has 1 aromatic heterocycles. The standard InChI is InChI=1S/C47H71N3O6/c1-30(2)38-33(51)28-47(23-25-50(27-26-49(10)11)40(53)32-14-12-13-24-48-32)22-21-45(8)31(39(38)47)15-16-35-44(7)19-18-36(56-37(52)29-42(3,4)41(54)55)43(5,6)34(44)17-20-46(35,45)9/h12-14,24,30-31,34-36H,15-23,25-29H2,1-11H3,(H,54,55)/t31-,34+,35-,36+,44+,45-,46-,47-/m1/s1. The van der Waals surface area contributed by atoms with Gasteiger partial charge in [0.15, 0.2) is 5.78 Å². The summed E-state index contributed by atoms with van der Waals surface area (Å²) in [6, 6.07) is 5.51. The van der Waals surface area contributed by atoms with Crippen molar-refractivity contribution >= 4 is 23.6 Å². The van der Waals surface area contributed by atoms with E-state index in [2.05, 4.69) is 58.4 Å². The maximum atomic E-state index is 14.3. The van der Waals surface area contributed by atoms with Crippen molar-refractivity contribution in [2.45, 2.75) is 139 Å². The van der Waals surface area contributed by atoms with Crippen LogP contribution in [-0.4, -0.2) is 83.4 Å². The van der Waals surface area contributed by atoms with Crippen LogP contribution in [0, 0.1) is 56.2 Å². The zero-order chi connectivity index (χ0) is 41.2. The van der Waals surface area contributed by atoms with E-state index in [0.29, 0.717) is 48.7 Å². The minimum Gasteiger partial charge on any atom is -0.481 e. The lowest BCUT2D eigenvalue weighted by atomic mass is 9.33. The zero-order valence-electron chi connectivity index (χ0n) is 36.4. The molecule has 0 spiro atoms. The van der Waals surface area contributed by atoms with E-state index in [4.69, 9.17) is 4.74 Å². The van der Waals surface area contributed by atoms with Gasteiger partial charge in [0.1, 0.15) is 11.8 Å². The van der Waals surface area contributed by atoms with Gasteiger partial charge in [0, 0.05) is 43.1 Å². The van der Waals surface area contributed by atoms with Gasteiger partial charge in [0.05, 0.1) is 11.8 Å². The number of fused-ring (bicyclic) bond motifs is 7. The lowest BCUT2D eigenvalue weighted by Gasteiger charge is -2.72. The van der Waals surface area contributed by atoms with E-state index in [1.54, 1.807) is 26.1 Å². The molecular formula is C47H71N3O6. The Bertz CT molecular complexity index is 1730. The maximum absolute atomic E-state index is 14.3. The number of carbonyl (C=O) groups is 4. The van der Waals surface area contributed by atoms with Crippen molar-refractivity contribution in [2.75, 3.05) is 33.7 Å². The molecule has 0 aliphatic heterocycles. The monoisotopic (exact) mass is 774 g/mol. The number of esters is 1. The molecule has 5 aliphatic rings. The summed E-state index contributed by atoms with van der Waals surface area (Å²) in [6.07, 6.45) is 10.8. The van der Waals surface area contributed by atoms with Crippen molar-refractivity contribution in [1.82, 2.24) is 14.8 Å². The van der Waals surface area contributed by atoms with Crippen molar-refractivity contribution < 1.29 is 29.0 Å². The summed E-state index contributed by atoms with van der Waals surface area (Å²) < 4.78 is 6.19. The zero-order valence-corrected chi connectivity index (χ0v) is 36.4. The number of carboxylic acid groups (broad SMARTS) is 1. The van der Waals surface area contributed by atoms with Crippen molar-refractivity contribution in [1.29, 1.82) is 0 Å². The summed E-state index contributed by atoms with van der Waals surface area (Å²) in [6.45, 7) is 21.8. The van der Waals surface area contributed by atoms with Crippen molar-refractivity contribution in [3.05, 3.63) is 41.2 Å². The number of hydrogen-bond donors (Lipinski definition) is 1. The molecule has 310 valence electrons. The third-order valence-corrected chi connectivity index (χ3v) is 16.8. The number of aliphatic carboxylic acids is 1. The third-order valence-electron chi connectivity index (χ3n) is 16.8. The van der Waals surface area contributed by atoms with Crippen LogP contribution in [0.1, 0.15) is 143 Å². The number of amides is 1. The predicted octanol–water partition coefficient (Wildman–Crippen LogP) is 8.87. The number of rotatable bonds is 12. The molecule has 1 amide bonds. The fourth-order valence-corrected chi connectivity index (χ4v) is 13.5. The average molecular weight is 774 g/mol. The third kappa shape index (κ3) is 6.97. The fourth-order valence-electron chi connectivity index (χ4n) is 13.5. The molecule has 8 atom stereocenters. The number of nitrogens with zero attached hydrogens (tertiary/aromatic N) is 3. The number of carboxylic acids is 1. The molecule has 0 unspecified atom stereocenters. The Morgan fingerprint density at radius 2 is 1.62 bits per heavy atom. The number of allylic oxidation sites excluding steroid dienone is 2. The van der Waals surface area contributed by atoms with Gasteiger partial charge in [-0.2, -0.15) is 0 Å². The van der Waals surface area contributed by atoms with E-state index in [1.807, 2.05) is 31.1 Å². The molecule has 0 radical (unpaired) electrons. The van der Waals surface area contributed by atoms with Gasteiger partial charge < -0.3 is 19.6 Å². The molecule has 9 heteroatoms. The van der Waals surface area contributed by atoms with Gasteiger partial charge in [0.2, 0.25) is 0 Å². The van der Waals surface area contributed by atoms with Crippen LogP contribution in [0.15, 0.2) is 35.5 Å². The first kappa shape index (κ1) is 42.5. The normalized spacial score (nSPS) is 35.1. The second-order valence-electron chi connectivity index (χ2n) is 21.2.